The number of aromatic amines is 1. The van der Waals surface area contributed by atoms with Crippen LogP contribution in [0.5, 0.6) is 0 Å². The summed E-state index contributed by atoms with van der Waals surface area (Å²) in [4.78, 5) is 16.3. The maximum atomic E-state index is 12.0. The van der Waals surface area contributed by atoms with Crippen LogP contribution in [0.15, 0.2) is 24.3 Å². The largest absolute Gasteiger partial charge is 0.318 e. The van der Waals surface area contributed by atoms with Gasteiger partial charge < -0.3 is 5.32 Å². The summed E-state index contributed by atoms with van der Waals surface area (Å²) in [5.74, 6) is 0.542. The van der Waals surface area contributed by atoms with E-state index in [1.165, 1.54) is 0 Å². The van der Waals surface area contributed by atoms with E-state index < -0.39 is 0 Å². The molecule has 100 valence electrons. The average molecular weight is 370 g/mol. The van der Waals surface area contributed by atoms with E-state index >= 15 is 0 Å². The van der Waals surface area contributed by atoms with Crippen molar-refractivity contribution in [2.45, 2.75) is 26.2 Å². The number of H-pyrrole nitrogens is 1. The number of nitrogens with zero attached hydrogens (tertiary/aromatic N) is 2. The van der Waals surface area contributed by atoms with Gasteiger partial charge in [-0.3, -0.25) is 9.89 Å². The monoisotopic (exact) mass is 370 g/mol. The Balaban J connectivity index is 2.17. The van der Waals surface area contributed by atoms with Gasteiger partial charge in [0.15, 0.2) is 0 Å². The van der Waals surface area contributed by atoms with Gasteiger partial charge in [-0.05, 0) is 34.7 Å². The summed E-state index contributed by atoms with van der Waals surface area (Å²) in [6.45, 7) is 6.03. The number of rotatable bonds is 2. The Bertz CT molecular complexity index is 601. The number of benzene rings is 1. The highest BCUT2D eigenvalue weighted by atomic mass is 127. The molecule has 1 aromatic heterocycles. The fraction of sp³-hybridized carbons (Fsp3) is 0.308. The van der Waals surface area contributed by atoms with Crippen molar-refractivity contribution in [1.29, 1.82) is 0 Å². The third kappa shape index (κ3) is 3.31. The van der Waals surface area contributed by atoms with Crippen molar-refractivity contribution in [2.24, 2.45) is 0 Å². The second kappa shape index (κ2) is 5.28. The van der Waals surface area contributed by atoms with Gasteiger partial charge in [0, 0.05) is 8.99 Å². The number of para-hydroxylation sites is 1. The summed E-state index contributed by atoms with van der Waals surface area (Å²) in [6, 6.07) is 7.56. The zero-order valence-corrected chi connectivity index (χ0v) is 13.1. The number of halogens is 1. The lowest BCUT2D eigenvalue weighted by atomic mass is 9.96. The molecule has 0 radical (unpaired) electrons. The second-order valence-corrected chi connectivity index (χ2v) is 6.35. The Hall–Kier alpha value is -1.44. The fourth-order valence-corrected chi connectivity index (χ4v) is 1.96. The molecular formula is C13H15IN4O. The van der Waals surface area contributed by atoms with Crippen LogP contribution in [-0.4, -0.2) is 21.1 Å². The molecule has 2 N–H and O–H groups in total. The highest BCUT2D eigenvalue weighted by Gasteiger charge is 2.21. The molecule has 0 saturated carbocycles. The van der Waals surface area contributed by atoms with Gasteiger partial charge in [0.05, 0.1) is 5.69 Å². The van der Waals surface area contributed by atoms with Gasteiger partial charge in [-0.1, -0.05) is 32.9 Å². The van der Waals surface area contributed by atoms with Crippen LogP contribution in [0.4, 0.5) is 5.69 Å². The summed E-state index contributed by atoms with van der Waals surface area (Å²) in [5.41, 5.74) is 0.599. The normalized spacial score (nSPS) is 11.4. The van der Waals surface area contributed by atoms with Crippen molar-refractivity contribution in [3.63, 3.8) is 0 Å². The van der Waals surface area contributed by atoms with E-state index in [9.17, 15) is 4.79 Å². The summed E-state index contributed by atoms with van der Waals surface area (Å²) < 4.78 is 0.972. The molecule has 1 aromatic carbocycles. The van der Waals surface area contributed by atoms with E-state index in [4.69, 9.17) is 0 Å². The molecule has 2 aromatic rings. The van der Waals surface area contributed by atoms with Crippen LogP contribution in [0, 0.1) is 3.57 Å². The van der Waals surface area contributed by atoms with Crippen molar-refractivity contribution in [1.82, 2.24) is 15.2 Å². The first kappa shape index (κ1) is 14.0. The molecule has 5 nitrogen and oxygen atoms in total. The van der Waals surface area contributed by atoms with Gasteiger partial charge in [-0.15, -0.1) is 5.10 Å². The Labute approximate surface area is 125 Å². The summed E-state index contributed by atoms with van der Waals surface area (Å²) in [7, 11) is 0. The van der Waals surface area contributed by atoms with E-state index in [0.29, 0.717) is 5.82 Å². The number of amides is 1. The van der Waals surface area contributed by atoms with E-state index in [0.717, 1.165) is 9.26 Å². The Kier molecular flexibility index (Phi) is 3.88. The number of nitrogens with one attached hydrogen (secondary N) is 2. The molecule has 1 heterocycles. The van der Waals surface area contributed by atoms with E-state index in [-0.39, 0.29) is 17.1 Å². The molecule has 0 atom stereocenters. The van der Waals surface area contributed by atoms with Gasteiger partial charge in [-0.25, -0.2) is 4.98 Å². The van der Waals surface area contributed by atoms with Crippen LogP contribution >= 0.6 is 22.6 Å². The van der Waals surface area contributed by atoms with E-state index in [1.54, 1.807) is 0 Å². The van der Waals surface area contributed by atoms with Gasteiger partial charge in [0.25, 0.3) is 5.91 Å². The molecule has 2 rings (SSSR count). The molecule has 0 aliphatic heterocycles. The Morgan fingerprint density at radius 3 is 2.58 bits per heavy atom. The molecule has 6 heteroatoms. The smallest absolute Gasteiger partial charge is 0.295 e. The quantitative estimate of drug-likeness (QED) is 0.799. The van der Waals surface area contributed by atoms with Crippen molar-refractivity contribution >= 4 is 34.2 Å². The second-order valence-electron chi connectivity index (χ2n) is 5.19. The summed E-state index contributed by atoms with van der Waals surface area (Å²) in [5, 5.41) is 9.56. The summed E-state index contributed by atoms with van der Waals surface area (Å²) >= 11 is 2.17. The lowest BCUT2D eigenvalue weighted by Gasteiger charge is -2.12. The maximum Gasteiger partial charge on any atom is 0.295 e. The standard InChI is InChI=1S/C13H15IN4O/c1-13(2,3)12-16-10(17-18-12)11(19)15-9-7-5-4-6-8(9)14/h4-7H,1-3H3,(H,15,19)(H,16,17,18). The predicted molar refractivity (Wildman–Crippen MR) is 82.2 cm³/mol. The van der Waals surface area contributed by atoms with Gasteiger partial charge in [-0.2, -0.15) is 0 Å². The zero-order chi connectivity index (χ0) is 14.0. The van der Waals surface area contributed by atoms with Crippen LogP contribution in [0.2, 0.25) is 0 Å². The molecule has 0 aliphatic carbocycles. The SMILES string of the molecule is CC(C)(C)c1nc(C(=O)Nc2ccccc2I)n[nH]1. The first-order valence-electron chi connectivity index (χ1n) is 5.86. The molecule has 0 aliphatic rings. The van der Waals surface area contributed by atoms with Crippen molar-refractivity contribution in [3.8, 4) is 0 Å². The first-order chi connectivity index (χ1) is 8.88. The molecule has 0 fully saturated rings. The molecule has 0 spiro atoms. The predicted octanol–water partition coefficient (Wildman–Crippen LogP) is 2.96. The van der Waals surface area contributed by atoms with Crippen molar-refractivity contribution in [3.05, 3.63) is 39.5 Å². The highest BCUT2D eigenvalue weighted by molar-refractivity contribution is 14.1. The van der Waals surface area contributed by atoms with Crippen LogP contribution in [-0.2, 0) is 5.41 Å². The minimum absolute atomic E-state index is 0.157. The molecule has 1 amide bonds. The molecular weight excluding hydrogens is 355 g/mol. The molecule has 0 saturated heterocycles. The molecule has 19 heavy (non-hydrogen) atoms. The number of aromatic nitrogens is 3. The topological polar surface area (TPSA) is 70.7 Å². The zero-order valence-electron chi connectivity index (χ0n) is 11.0. The van der Waals surface area contributed by atoms with Gasteiger partial charge in [0.1, 0.15) is 5.82 Å². The third-order valence-corrected chi connectivity index (χ3v) is 3.46. The third-order valence-electron chi connectivity index (χ3n) is 2.52. The highest BCUT2D eigenvalue weighted by Crippen LogP contribution is 2.19. The number of carbonyl (C=O) groups excluding carboxylic acids is 1. The molecule has 0 unspecified atom stereocenters. The minimum atomic E-state index is -0.309. The number of hydrogen-bond acceptors (Lipinski definition) is 3. The van der Waals surface area contributed by atoms with Crippen LogP contribution in [0.25, 0.3) is 0 Å². The number of carbonyl (C=O) groups is 1. The van der Waals surface area contributed by atoms with Crippen molar-refractivity contribution < 1.29 is 4.79 Å². The Morgan fingerprint density at radius 2 is 2.00 bits per heavy atom. The lowest BCUT2D eigenvalue weighted by molar-refractivity contribution is 0.101. The number of anilines is 1. The minimum Gasteiger partial charge on any atom is -0.318 e. The van der Waals surface area contributed by atoms with E-state index in [2.05, 4.69) is 43.1 Å². The molecule has 0 bridgehead atoms. The summed E-state index contributed by atoms with van der Waals surface area (Å²) in [6.07, 6.45) is 0. The fourth-order valence-electron chi connectivity index (χ4n) is 1.44. The first-order valence-corrected chi connectivity index (χ1v) is 6.94. The Morgan fingerprint density at radius 1 is 1.32 bits per heavy atom. The van der Waals surface area contributed by atoms with Gasteiger partial charge in [0.2, 0.25) is 5.82 Å². The van der Waals surface area contributed by atoms with Crippen LogP contribution in [0.1, 0.15) is 37.2 Å². The van der Waals surface area contributed by atoms with Crippen LogP contribution in [0.3, 0.4) is 0 Å². The average Bonchev–Trinajstić information content (AvgIpc) is 2.81. The van der Waals surface area contributed by atoms with Crippen molar-refractivity contribution in [2.75, 3.05) is 5.32 Å². The van der Waals surface area contributed by atoms with E-state index in [1.807, 2.05) is 45.0 Å². The number of hydrogen-bond donors (Lipinski definition) is 2. The van der Waals surface area contributed by atoms with Gasteiger partial charge >= 0.3 is 0 Å². The lowest BCUT2D eigenvalue weighted by Crippen LogP contribution is -2.16. The van der Waals surface area contributed by atoms with Crippen LogP contribution < -0.4 is 5.32 Å². The maximum absolute atomic E-state index is 12.0.